The van der Waals surface area contributed by atoms with Gasteiger partial charge in [-0.15, -0.1) is 0 Å². The van der Waals surface area contributed by atoms with Crippen molar-refractivity contribution in [1.29, 1.82) is 5.26 Å². The topological polar surface area (TPSA) is 65.8 Å². The van der Waals surface area contributed by atoms with Crippen LogP contribution in [-0.4, -0.2) is 10.9 Å². The van der Waals surface area contributed by atoms with Gasteiger partial charge in [-0.2, -0.15) is 5.26 Å². The predicted octanol–water partition coefficient (Wildman–Crippen LogP) is 3.28. The minimum atomic E-state index is -2.94. The van der Waals surface area contributed by atoms with Crippen molar-refractivity contribution in [3.63, 3.8) is 0 Å². The number of alkyl halides is 2. The highest BCUT2D eigenvalue weighted by Gasteiger charge is 2.20. The minimum Gasteiger partial charge on any atom is -0.321 e. The number of anilines is 1. The molecular weight excluding hydrogens is 283 g/mol. The Labute approximate surface area is 117 Å². The van der Waals surface area contributed by atoms with E-state index in [1.54, 1.807) is 6.07 Å². The quantitative estimate of drug-likeness (QED) is 0.943. The molecule has 2 rings (SSSR count). The third-order valence-electron chi connectivity index (χ3n) is 2.60. The normalized spacial score (nSPS) is 10.2. The minimum absolute atomic E-state index is 0.0661. The molecule has 0 bridgehead atoms. The zero-order valence-corrected chi connectivity index (χ0v) is 10.5. The van der Waals surface area contributed by atoms with Gasteiger partial charge in [0.2, 0.25) is 0 Å². The highest BCUT2D eigenvalue weighted by Crippen LogP contribution is 2.23. The van der Waals surface area contributed by atoms with Gasteiger partial charge in [-0.05, 0) is 30.3 Å². The lowest BCUT2D eigenvalue weighted by Crippen LogP contribution is -2.16. The maximum Gasteiger partial charge on any atom is 0.274 e. The first kappa shape index (κ1) is 14.5. The molecule has 7 heteroatoms. The Hall–Kier alpha value is -2.88. The van der Waals surface area contributed by atoms with Crippen LogP contribution in [0, 0.1) is 17.1 Å². The summed E-state index contributed by atoms with van der Waals surface area (Å²) in [7, 11) is 0. The van der Waals surface area contributed by atoms with E-state index in [4.69, 9.17) is 5.26 Å². The fraction of sp³-hybridized carbons (Fsp3) is 0.0714. The third-order valence-corrected chi connectivity index (χ3v) is 2.60. The summed E-state index contributed by atoms with van der Waals surface area (Å²) >= 11 is 0. The van der Waals surface area contributed by atoms with Crippen LogP contribution in [-0.2, 0) is 0 Å². The van der Waals surface area contributed by atoms with Crippen LogP contribution in [0.15, 0.2) is 36.5 Å². The number of rotatable bonds is 3. The highest BCUT2D eigenvalue weighted by atomic mass is 19.3. The maximum absolute atomic E-state index is 12.9. The van der Waals surface area contributed by atoms with Gasteiger partial charge >= 0.3 is 0 Å². The number of hydrogen-bond donors (Lipinski definition) is 1. The summed E-state index contributed by atoms with van der Waals surface area (Å²) in [5.41, 5.74) is -0.932. The van der Waals surface area contributed by atoms with Gasteiger partial charge in [0.05, 0.1) is 11.1 Å². The molecule has 0 fully saturated rings. The van der Waals surface area contributed by atoms with Gasteiger partial charge in [0.25, 0.3) is 12.3 Å². The van der Waals surface area contributed by atoms with Gasteiger partial charge < -0.3 is 5.32 Å². The molecule has 1 aromatic heterocycles. The molecule has 0 atom stereocenters. The number of carbonyl (C=O) groups excluding carboxylic acids is 1. The van der Waals surface area contributed by atoms with Crippen molar-refractivity contribution in [1.82, 2.24) is 4.98 Å². The number of halogens is 3. The molecule has 21 heavy (non-hydrogen) atoms. The Morgan fingerprint density at radius 2 is 1.95 bits per heavy atom. The number of nitrogens with one attached hydrogen (secondary N) is 1. The number of nitrogens with zero attached hydrogens (tertiary/aromatic N) is 2. The van der Waals surface area contributed by atoms with Crippen LogP contribution in [0.3, 0.4) is 0 Å². The average Bonchev–Trinajstić information content (AvgIpc) is 2.48. The molecule has 0 saturated carbocycles. The Bertz CT molecular complexity index is 708. The second-order valence-corrected chi connectivity index (χ2v) is 4.04. The Kier molecular flexibility index (Phi) is 4.18. The fourth-order valence-corrected chi connectivity index (χ4v) is 1.62. The summed E-state index contributed by atoms with van der Waals surface area (Å²) in [6, 6.07) is 7.41. The lowest BCUT2D eigenvalue weighted by Gasteiger charge is -2.09. The number of nitriles is 1. The van der Waals surface area contributed by atoms with Gasteiger partial charge in [-0.1, -0.05) is 0 Å². The average molecular weight is 291 g/mol. The van der Waals surface area contributed by atoms with E-state index in [0.717, 1.165) is 24.4 Å². The van der Waals surface area contributed by atoms with Crippen molar-refractivity contribution < 1.29 is 18.0 Å². The summed E-state index contributed by atoms with van der Waals surface area (Å²) in [6.07, 6.45) is -1.91. The molecule has 0 aliphatic rings. The smallest absolute Gasteiger partial charge is 0.274 e. The van der Waals surface area contributed by atoms with Crippen molar-refractivity contribution in [2.75, 3.05) is 5.32 Å². The van der Waals surface area contributed by atoms with E-state index in [-0.39, 0.29) is 11.3 Å². The summed E-state index contributed by atoms with van der Waals surface area (Å²) in [6.45, 7) is 0. The monoisotopic (exact) mass is 291 g/mol. The molecule has 0 saturated heterocycles. The summed E-state index contributed by atoms with van der Waals surface area (Å²) in [5, 5.41) is 11.0. The molecule has 1 N–H and O–H groups in total. The fourth-order valence-electron chi connectivity index (χ4n) is 1.62. The zero-order chi connectivity index (χ0) is 15.4. The van der Waals surface area contributed by atoms with Crippen molar-refractivity contribution in [3.05, 3.63) is 59.2 Å². The van der Waals surface area contributed by atoms with Crippen LogP contribution in [0.5, 0.6) is 0 Å². The van der Waals surface area contributed by atoms with Gasteiger partial charge in [-0.3, -0.25) is 4.79 Å². The summed E-state index contributed by atoms with van der Waals surface area (Å²) in [5.74, 6) is -1.35. The van der Waals surface area contributed by atoms with Crippen LogP contribution in [0.1, 0.15) is 28.0 Å². The van der Waals surface area contributed by atoms with Crippen molar-refractivity contribution >= 4 is 11.6 Å². The second-order valence-electron chi connectivity index (χ2n) is 4.04. The van der Waals surface area contributed by atoms with E-state index in [0.29, 0.717) is 0 Å². The molecule has 0 aliphatic carbocycles. The highest BCUT2D eigenvalue weighted by molar-refractivity contribution is 6.03. The summed E-state index contributed by atoms with van der Waals surface area (Å²) in [4.78, 5) is 15.5. The Morgan fingerprint density at radius 1 is 1.29 bits per heavy atom. The standard InChI is InChI=1S/C14H8F3N3O/c15-9-1-3-10(4-2-9)20-14(21)12-11(13(16)17)5-8(6-18)7-19-12/h1-5,7,13H,(H,20,21). The van der Waals surface area contributed by atoms with Crippen molar-refractivity contribution in [2.24, 2.45) is 0 Å². The summed E-state index contributed by atoms with van der Waals surface area (Å²) < 4.78 is 38.6. The lowest BCUT2D eigenvalue weighted by atomic mass is 10.1. The molecule has 0 unspecified atom stereocenters. The number of amides is 1. The third kappa shape index (κ3) is 3.36. The van der Waals surface area contributed by atoms with E-state index in [1.165, 1.54) is 12.1 Å². The number of aromatic nitrogens is 1. The first-order chi connectivity index (χ1) is 10.0. The first-order valence-electron chi connectivity index (χ1n) is 5.76. The number of benzene rings is 1. The molecule has 2 aromatic rings. The van der Waals surface area contributed by atoms with Crippen LogP contribution in [0.4, 0.5) is 18.9 Å². The van der Waals surface area contributed by atoms with E-state index >= 15 is 0 Å². The molecule has 0 aliphatic heterocycles. The van der Waals surface area contributed by atoms with Gasteiger partial charge in [0.1, 0.15) is 17.6 Å². The lowest BCUT2D eigenvalue weighted by molar-refractivity contribution is 0.100. The maximum atomic E-state index is 12.9. The number of carbonyl (C=O) groups is 1. The first-order valence-corrected chi connectivity index (χ1v) is 5.76. The molecule has 1 amide bonds. The molecule has 1 aromatic carbocycles. The number of pyridine rings is 1. The van der Waals surface area contributed by atoms with Crippen LogP contribution < -0.4 is 5.32 Å². The van der Waals surface area contributed by atoms with Crippen LogP contribution >= 0.6 is 0 Å². The van der Waals surface area contributed by atoms with Crippen molar-refractivity contribution in [3.8, 4) is 6.07 Å². The van der Waals surface area contributed by atoms with E-state index in [2.05, 4.69) is 10.3 Å². The molecule has 0 radical (unpaired) electrons. The van der Waals surface area contributed by atoms with Gasteiger partial charge in [0.15, 0.2) is 0 Å². The van der Waals surface area contributed by atoms with Crippen LogP contribution in [0.25, 0.3) is 0 Å². The molecular formula is C14H8F3N3O. The SMILES string of the molecule is N#Cc1cnc(C(=O)Nc2ccc(F)cc2)c(C(F)F)c1. The zero-order valence-electron chi connectivity index (χ0n) is 10.5. The predicted molar refractivity (Wildman–Crippen MR) is 68.3 cm³/mol. The van der Waals surface area contributed by atoms with Gasteiger partial charge in [-0.25, -0.2) is 18.2 Å². The Morgan fingerprint density at radius 3 is 2.52 bits per heavy atom. The molecule has 0 spiro atoms. The van der Waals surface area contributed by atoms with Crippen LogP contribution in [0.2, 0.25) is 0 Å². The molecule has 106 valence electrons. The van der Waals surface area contributed by atoms with Crippen molar-refractivity contribution in [2.45, 2.75) is 6.43 Å². The molecule has 4 nitrogen and oxygen atoms in total. The largest absolute Gasteiger partial charge is 0.321 e. The Balaban J connectivity index is 2.30. The molecule has 1 heterocycles. The van der Waals surface area contributed by atoms with Gasteiger partial charge in [0, 0.05) is 11.9 Å². The van der Waals surface area contributed by atoms with E-state index in [9.17, 15) is 18.0 Å². The second kappa shape index (κ2) is 6.05. The van der Waals surface area contributed by atoms with E-state index < -0.39 is 29.4 Å². The van der Waals surface area contributed by atoms with E-state index in [1.807, 2.05) is 0 Å². The number of hydrogen-bond acceptors (Lipinski definition) is 3.